The Balaban J connectivity index is 1.85. The Morgan fingerprint density at radius 2 is 1.96 bits per heavy atom. The van der Waals surface area contributed by atoms with Crippen LogP contribution in [0, 0.1) is 18.3 Å². The van der Waals surface area contributed by atoms with Gasteiger partial charge in [0.25, 0.3) is 5.91 Å². The number of para-hydroxylation sites is 1. The summed E-state index contributed by atoms with van der Waals surface area (Å²) >= 11 is 0. The first-order chi connectivity index (χ1) is 13.1. The van der Waals surface area contributed by atoms with E-state index in [1.807, 2.05) is 36.4 Å². The lowest BCUT2D eigenvalue weighted by molar-refractivity contribution is -0.112. The summed E-state index contributed by atoms with van der Waals surface area (Å²) in [6.07, 6.45) is 7.45. The minimum absolute atomic E-state index is 0.0607. The van der Waals surface area contributed by atoms with Gasteiger partial charge in [-0.25, -0.2) is 0 Å². The number of nitriles is 1. The van der Waals surface area contributed by atoms with E-state index < -0.39 is 5.91 Å². The molecular formula is C23H21N3O. The first kappa shape index (κ1) is 18.2. The van der Waals surface area contributed by atoms with Crippen molar-refractivity contribution in [3.63, 3.8) is 0 Å². The molecule has 0 unspecified atom stereocenters. The van der Waals surface area contributed by atoms with Crippen molar-refractivity contribution in [2.24, 2.45) is 0 Å². The van der Waals surface area contributed by atoms with E-state index in [1.54, 1.807) is 18.2 Å². The molecule has 1 N–H and O–H groups in total. The topological polar surface area (TPSA) is 56.1 Å². The Kier molecular flexibility index (Phi) is 5.53. The maximum atomic E-state index is 12.3. The smallest absolute Gasteiger partial charge is 0.266 e. The third-order valence-corrected chi connectivity index (χ3v) is 4.35. The first-order valence-corrected chi connectivity index (χ1v) is 8.87. The van der Waals surface area contributed by atoms with Gasteiger partial charge in [0.2, 0.25) is 0 Å². The van der Waals surface area contributed by atoms with Crippen LogP contribution in [0.3, 0.4) is 0 Å². The second-order valence-corrected chi connectivity index (χ2v) is 6.24. The molecule has 2 aromatic rings. The van der Waals surface area contributed by atoms with E-state index in [0.717, 1.165) is 17.9 Å². The van der Waals surface area contributed by atoms with Crippen molar-refractivity contribution >= 4 is 23.4 Å². The largest absolute Gasteiger partial charge is 0.341 e. The highest BCUT2D eigenvalue weighted by atomic mass is 16.1. The molecule has 0 fully saturated rings. The molecule has 27 heavy (non-hydrogen) atoms. The lowest BCUT2D eigenvalue weighted by Crippen LogP contribution is -2.23. The zero-order valence-corrected chi connectivity index (χ0v) is 15.4. The normalized spacial score (nSPS) is 14.6. The van der Waals surface area contributed by atoms with Crippen LogP contribution in [-0.4, -0.2) is 12.5 Å². The Hall–Kier alpha value is -3.58. The van der Waals surface area contributed by atoms with Crippen LogP contribution in [0.2, 0.25) is 0 Å². The summed E-state index contributed by atoms with van der Waals surface area (Å²) in [5, 5.41) is 12.1. The summed E-state index contributed by atoms with van der Waals surface area (Å²) in [6, 6.07) is 17.4. The lowest BCUT2D eigenvalue weighted by Gasteiger charge is -2.29. The molecule has 1 amide bonds. The van der Waals surface area contributed by atoms with Gasteiger partial charge in [-0.05, 0) is 61.9 Å². The average molecular weight is 355 g/mol. The van der Waals surface area contributed by atoms with Gasteiger partial charge in [0.05, 0.1) is 0 Å². The highest BCUT2D eigenvalue weighted by molar-refractivity contribution is 6.06. The van der Waals surface area contributed by atoms with E-state index in [9.17, 15) is 10.1 Å². The summed E-state index contributed by atoms with van der Waals surface area (Å²) in [5.74, 6) is -0.417. The van der Waals surface area contributed by atoms with Crippen molar-refractivity contribution in [1.29, 1.82) is 5.26 Å². The van der Waals surface area contributed by atoms with E-state index >= 15 is 0 Å². The number of rotatable bonds is 4. The molecule has 0 aromatic heterocycles. The van der Waals surface area contributed by atoms with Gasteiger partial charge in [0, 0.05) is 23.6 Å². The Morgan fingerprint density at radius 1 is 1.19 bits per heavy atom. The SMILES string of the molecule is CCN1/C(=C\C=C(\C#N)C(=O)Nc2ccccc2)C=Cc2cc(C)ccc21. The maximum Gasteiger partial charge on any atom is 0.266 e. The van der Waals surface area contributed by atoms with Crippen LogP contribution < -0.4 is 10.2 Å². The number of hydrogen-bond acceptors (Lipinski definition) is 3. The number of anilines is 2. The van der Waals surface area contributed by atoms with Crippen LogP contribution in [0.4, 0.5) is 11.4 Å². The molecule has 1 heterocycles. The van der Waals surface area contributed by atoms with E-state index in [-0.39, 0.29) is 5.57 Å². The van der Waals surface area contributed by atoms with Gasteiger partial charge in [-0.2, -0.15) is 5.26 Å². The molecule has 0 bridgehead atoms. The number of benzene rings is 2. The third-order valence-electron chi connectivity index (χ3n) is 4.35. The van der Waals surface area contributed by atoms with Crippen molar-refractivity contribution in [2.45, 2.75) is 13.8 Å². The second-order valence-electron chi connectivity index (χ2n) is 6.24. The predicted molar refractivity (Wildman–Crippen MR) is 110 cm³/mol. The van der Waals surface area contributed by atoms with Gasteiger partial charge in [-0.15, -0.1) is 0 Å². The molecule has 0 atom stereocenters. The van der Waals surface area contributed by atoms with Gasteiger partial charge in [-0.3, -0.25) is 4.79 Å². The van der Waals surface area contributed by atoms with E-state index in [0.29, 0.717) is 5.69 Å². The first-order valence-electron chi connectivity index (χ1n) is 8.87. The number of nitrogens with one attached hydrogen (secondary N) is 1. The van der Waals surface area contributed by atoms with E-state index in [4.69, 9.17) is 0 Å². The van der Waals surface area contributed by atoms with Gasteiger partial charge in [0.1, 0.15) is 11.6 Å². The second kappa shape index (κ2) is 8.20. The summed E-state index contributed by atoms with van der Waals surface area (Å²) in [5.41, 5.74) is 5.16. The Labute approximate surface area is 159 Å². The van der Waals surface area contributed by atoms with Crippen molar-refractivity contribution in [3.05, 3.63) is 89.2 Å². The zero-order valence-electron chi connectivity index (χ0n) is 15.4. The molecule has 1 aliphatic heterocycles. The summed E-state index contributed by atoms with van der Waals surface area (Å²) in [4.78, 5) is 14.5. The molecule has 1 aliphatic rings. The monoisotopic (exact) mass is 355 g/mol. The Morgan fingerprint density at radius 3 is 2.67 bits per heavy atom. The fourth-order valence-electron chi connectivity index (χ4n) is 3.01. The van der Waals surface area contributed by atoms with Gasteiger partial charge >= 0.3 is 0 Å². The maximum absolute atomic E-state index is 12.3. The number of fused-ring (bicyclic) bond motifs is 1. The minimum atomic E-state index is -0.417. The molecular weight excluding hydrogens is 334 g/mol. The quantitative estimate of drug-likeness (QED) is 0.632. The number of hydrogen-bond donors (Lipinski definition) is 1. The lowest BCUT2D eigenvalue weighted by atomic mass is 10.0. The number of aryl methyl sites for hydroxylation is 1. The Bertz CT molecular complexity index is 978. The molecule has 134 valence electrons. The van der Waals surface area contributed by atoms with E-state index in [2.05, 4.69) is 48.3 Å². The summed E-state index contributed by atoms with van der Waals surface area (Å²) < 4.78 is 0. The van der Waals surface area contributed by atoms with Gasteiger partial charge in [0.15, 0.2) is 0 Å². The molecule has 0 saturated carbocycles. The van der Waals surface area contributed by atoms with Crippen molar-refractivity contribution in [2.75, 3.05) is 16.8 Å². The molecule has 0 aliphatic carbocycles. The average Bonchev–Trinajstić information content (AvgIpc) is 2.68. The van der Waals surface area contributed by atoms with Crippen LogP contribution in [0.5, 0.6) is 0 Å². The van der Waals surface area contributed by atoms with Crippen LogP contribution in [0.1, 0.15) is 18.1 Å². The highest BCUT2D eigenvalue weighted by Crippen LogP contribution is 2.31. The molecule has 2 aromatic carbocycles. The third kappa shape index (κ3) is 4.16. The number of carbonyl (C=O) groups is 1. The molecule has 0 radical (unpaired) electrons. The fraction of sp³-hybridized carbons (Fsp3) is 0.130. The number of amides is 1. The number of likely N-dealkylation sites (N-methyl/N-ethyl adjacent to an activating group) is 1. The van der Waals surface area contributed by atoms with Crippen LogP contribution in [-0.2, 0) is 4.79 Å². The fourth-order valence-corrected chi connectivity index (χ4v) is 3.01. The molecule has 0 saturated heterocycles. The van der Waals surface area contributed by atoms with Crippen molar-refractivity contribution in [3.8, 4) is 6.07 Å². The number of allylic oxidation sites excluding steroid dienone is 3. The van der Waals surface area contributed by atoms with Crippen molar-refractivity contribution in [1.82, 2.24) is 0 Å². The molecule has 3 rings (SSSR count). The molecule has 4 heteroatoms. The predicted octanol–water partition coefficient (Wildman–Crippen LogP) is 4.82. The molecule has 4 nitrogen and oxygen atoms in total. The number of carbonyl (C=O) groups excluding carboxylic acids is 1. The van der Waals surface area contributed by atoms with Crippen molar-refractivity contribution < 1.29 is 4.79 Å². The van der Waals surface area contributed by atoms with Crippen LogP contribution in [0.25, 0.3) is 6.08 Å². The molecule has 0 spiro atoms. The van der Waals surface area contributed by atoms with E-state index in [1.165, 1.54) is 11.1 Å². The summed E-state index contributed by atoms with van der Waals surface area (Å²) in [7, 11) is 0. The summed E-state index contributed by atoms with van der Waals surface area (Å²) in [6.45, 7) is 4.94. The van der Waals surface area contributed by atoms with Crippen LogP contribution >= 0.6 is 0 Å². The van der Waals surface area contributed by atoms with Gasteiger partial charge in [-0.1, -0.05) is 35.9 Å². The minimum Gasteiger partial charge on any atom is -0.341 e. The standard InChI is InChI=1S/C23H21N3O/c1-3-26-21(12-10-18-15-17(2)9-14-22(18)26)13-11-19(16-24)23(27)25-20-7-5-4-6-8-20/h4-15H,3H2,1-2H3,(H,25,27)/b19-11-,21-13-. The van der Waals surface area contributed by atoms with Crippen LogP contribution in [0.15, 0.2) is 78.0 Å². The van der Waals surface area contributed by atoms with Gasteiger partial charge < -0.3 is 10.2 Å². The highest BCUT2D eigenvalue weighted by Gasteiger charge is 2.16. The number of nitrogens with zero attached hydrogens (tertiary/aromatic N) is 2. The zero-order chi connectivity index (χ0) is 19.2.